The fourth-order valence-corrected chi connectivity index (χ4v) is 1.80. The highest BCUT2D eigenvalue weighted by molar-refractivity contribution is 6.02. The average molecular weight is 166 g/mol. The summed E-state index contributed by atoms with van der Waals surface area (Å²) in [4.78, 5) is 22.2. The molecule has 64 valence electrons. The zero-order valence-corrected chi connectivity index (χ0v) is 6.82. The quantitative estimate of drug-likeness (QED) is 0.563. The first-order valence-corrected chi connectivity index (χ1v) is 4.14. The molecule has 0 spiro atoms. The van der Waals surface area contributed by atoms with Crippen molar-refractivity contribution in [3.05, 3.63) is 12.2 Å². The molecule has 0 aromatic heterocycles. The smallest absolute Gasteiger partial charge is 0.310 e. The van der Waals surface area contributed by atoms with Crippen LogP contribution in [0, 0.1) is 17.8 Å². The first kappa shape index (κ1) is 7.53. The first-order chi connectivity index (χ1) is 5.75. The molecular weight excluding hydrogens is 156 g/mol. The lowest BCUT2D eigenvalue weighted by molar-refractivity contribution is -0.145. The second kappa shape index (κ2) is 2.44. The van der Waals surface area contributed by atoms with E-state index in [0.717, 1.165) is 0 Å². The van der Waals surface area contributed by atoms with Crippen molar-refractivity contribution in [2.45, 2.75) is 6.92 Å². The van der Waals surface area contributed by atoms with Gasteiger partial charge < -0.3 is 4.74 Å². The molecule has 0 radical (unpaired) electrons. The Bertz CT molecular complexity index is 267. The van der Waals surface area contributed by atoms with Crippen LogP contribution in [0.3, 0.4) is 0 Å². The van der Waals surface area contributed by atoms with E-state index in [-0.39, 0.29) is 29.5 Å². The normalized spacial score (nSPS) is 36.4. The molecule has 2 aliphatic carbocycles. The number of ketones is 1. The van der Waals surface area contributed by atoms with Gasteiger partial charge in [-0.15, -0.1) is 0 Å². The summed E-state index contributed by atoms with van der Waals surface area (Å²) >= 11 is 0. The van der Waals surface area contributed by atoms with E-state index in [1.165, 1.54) is 0 Å². The van der Waals surface area contributed by atoms with Crippen molar-refractivity contribution in [2.24, 2.45) is 17.8 Å². The zero-order valence-electron chi connectivity index (χ0n) is 6.82. The molecule has 1 saturated carbocycles. The molecule has 0 aromatic rings. The summed E-state index contributed by atoms with van der Waals surface area (Å²) in [6.45, 7) is 2.17. The maximum Gasteiger partial charge on any atom is 0.310 e. The lowest BCUT2D eigenvalue weighted by Crippen LogP contribution is -2.11. The van der Waals surface area contributed by atoms with E-state index in [1.807, 2.05) is 6.08 Å². The number of rotatable bonds is 2. The number of carbonyl (C=O) groups excluding carboxylic acids is 2. The summed E-state index contributed by atoms with van der Waals surface area (Å²) in [7, 11) is 0. The third-order valence-electron chi connectivity index (χ3n) is 2.45. The number of ether oxygens (including phenoxy) is 1. The molecule has 0 heterocycles. The molecule has 2 rings (SSSR count). The van der Waals surface area contributed by atoms with E-state index >= 15 is 0 Å². The molecule has 3 nitrogen and oxygen atoms in total. The molecule has 1 fully saturated rings. The van der Waals surface area contributed by atoms with Crippen LogP contribution in [0.5, 0.6) is 0 Å². The van der Waals surface area contributed by atoms with E-state index in [0.29, 0.717) is 6.61 Å². The molecule has 0 aromatic carbocycles. The average Bonchev–Trinajstić information content (AvgIpc) is 2.65. The highest BCUT2D eigenvalue weighted by Gasteiger charge is 2.60. The van der Waals surface area contributed by atoms with Crippen LogP contribution < -0.4 is 0 Å². The SMILES string of the molecule is CCOC(=O)[C@H]1[C@@H]2C=CC(=O)[C@@H]21. The Labute approximate surface area is 70.4 Å². The van der Waals surface area contributed by atoms with E-state index in [1.54, 1.807) is 13.0 Å². The molecule has 3 atom stereocenters. The van der Waals surface area contributed by atoms with Gasteiger partial charge in [0.1, 0.15) is 0 Å². The molecule has 0 aliphatic heterocycles. The Morgan fingerprint density at radius 1 is 1.67 bits per heavy atom. The standard InChI is InChI=1S/C9H10O3/c1-2-12-9(11)8-5-3-4-6(10)7(5)8/h3-5,7-8H,2H2,1H3/t5-,7-,8+/m1/s1. The fourth-order valence-electron chi connectivity index (χ4n) is 1.80. The summed E-state index contributed by atoms with van der Waals surface area (Å²) in [5, 5.41) is 0. The van der Waals surface area contributed by atoms with E-state index in [4.69, 9.17) is 4.74 Å². The van der Waals surface area contributed by atoms with Gasteiger partial charge in [-0.25, -0.2) is 0 Å². The Kier molecular flexibility index (Phi) is 1.53. The van der Waals surface area contributed by atoms with Gasteiger partial charge in [-0.2, -0.15) is 0 Å². The van der Waals surface area contributed by atoms with Crippen LogP contribution in [0.4, 0.5) is 0 Å². The number of hydrogen-bond acceptors (Lipinski definition) is 3. The predicted octanol–water partition coefficient (Wildman–Crippen LogP) is 0.551. The van der Waals surface area contributed by atoms with Crippen LogP contribution in [0.15, 0.2) is 12.2 Å². The molecule has 12 heavy (non-hydrogen) atoms. The van der Waals surface area contributed by atoms with Gasteiger partial charge in [-0.3, -0.25) is 9.59 Å². The van der Waals surface area contributed by atoms with Crippen LogP contribution in [0.2, 0.25) is 0 Å². The van der Waals surface area contributed by atoms with Crippen molar-refractivity contribution in [2.75, 3.05) is 6.61 Å². The van der Waals surface area contributed by atoms with Crippen molar-refractivity contribution in [3.8, 4) is 0 Å². The van der Waals surface area contributed by atoms with Crippen LogP contribution in [-0.2, 0) is 14.3 Å². The van der Waals surface area contributed by atoms with Gasteiger partial charge in [-0.05, 0) is 13.0 Å². The van der Waals surface area contributed by atoms with Gasteiger partial charge in [0.05, 0.1) is 12.5 Å². The highest BCUT2D eigenvalue weighted by atomic mass is 16.5. The maximum atomic E-state index is 11.2. The summed E-state index contributed by atoms with van der Waals surface area (Å²) in [5.74, 6) is -0.230. The van der Waals surface area contributed by atoms with Crippen LogP contribution in [0.1, 0.15) is 6.92 Å². The minimum absolute atomic E-state index is 0.0796. The Morgan fingerprint density at radius 2 is 2.42 bits per heavy atom. The van der Waals surface area contributed by atoms with Gasteiger partial charge >= 0.3 is 5.97 Å². The molecular formula is C9H10O3. The van der Waals surface area contributed by atoms with E-state index < -0.39 is 0 Å². The molecule has 0 N–H and O–H groups in total. The monoisotopic (exact) mass is 166 g/mol. The number of esters is 1. The van der Waals surface area contributed by atoms with Crippen molar-refractivity contribution >= 4 is 11.8 Å². The molecule has 0 unspecified atom stereocenters. The Morgan fingerprint density at radius 3 is 2.92 bits per heavy atom. The number of hydrogen-bond donors (Lipinski definition) is 0. The molecule has 0 saturated heterocycles. The fraction of sp³-hybridized carbons (Fsp3) is 0.556. The third-order valence-corrected chi connectivity index (χ3v) is 2.45. The lowest BCUT2D eigenvalue weighted by Gasteiger charge is -1.99. The molecule has 0 bridgehead atoms. The van der Waals surface area contributed by atoms with Gasteiger partial charge in [0.2, 0.25) is 0 Å². The van der Waals surface area contributed by atoms with Crippen molar-refractivity contribution in [3.63, 3.8) is 0 Å². The third kappa shape index (κ3) is 0.891. The maximum absolute atomic E-state index is 11.2. The van der Waals surface area contributed by atoms with Crippen molar-refractivity contribution in [1.29, 1.82) is 0 Å². The van der Waals surface area contributed by atoms with Gasteiger partial charge in [0, 0.05) is 11.8 Å². The summed E-state index contributed by atoms with van der Waals surface area (Å²) in [6, 6.07) is 0. The summed E-state index contributed by atoms with van der Waals surface area (Å²) < 4.78 is 4.83. The predicted molar refractivity (Wildman–Crippen MR) is 41.3 cm³/mol. The van der Waals surface area contributed by atoms with Crippen LogP contribution in [-0.4, -0.2) is 18.4 Å². The molecule has 0 amide bonds. The minimum atomic E-state index is -0.217. The molecule has 2 aliphatic rings. The van der Waals surface area contributed by atoms with Gasteiger partial charge in [0.25, 0.3) is 0 Å². The second-order valence-corrected chi connectivity index (χ2v) is 3.14. The van der Waals surface area contributed by atoms with Crippen molar-refractivity contribution in [1.82, 2.24) is 0 Å². The number of carbonyl (C=O) groups is 2. The number of fused-ring (bicyclic) bond motifs is 1. The van der Waals surface area contributed by atoms with Gasteiger partial charge in [-0.1, -0.05) is 6.08 Å². The van der Waals surface area contributed by atoms with Crippen LogP contribution in [0.25, 0.3) is 0 Å². The summed E-state index contributed by atoms with van der Waals surface area (Å²) in [5.41, 5.74) is 0. The molecule has 3 heteroatoms. The van der Waals surface area contributed by atoms with Crippen molar-refractivity contribution < 1.29 is 14.3 Å². The Balaban J connectivity index is 1.99. The zero-order chi connectivity index (χ0) is 8.72. The lowest BCUT2D eigenvalue weighted by atomic mass is 10.2. The minimum Gasteiger partial charge on any atom is -0.466 e. The van der Waals surface area contributed by atoms with E-state index in [9.17, 15) is 9.59 Å². The summed E-state index contributed by atoms with van der Waals surface area (Å²) in [6.07, 6.45) is 3.37. The topological polar surface area (TPSA) is 43.4 Å². The van der Waals surface area contributed by atoms with E-state index in [2.05, 4.69) is 0 Å². The number of allylic oxidation sites excluding steroid dienone is 2. The second-order valence-electron chi connectivity index (χ2n) is 3.14. The largest absolute Gasteiger partial charge is 0.466 e. The first-order valence-electron chi connectivity index (χ1n) is 4.14. The highest BCUT2D eigenvalue weighted by Crippen LogP contribution is 2.52. The van der Waals surface area contributed by atoms with Gasteiger partial charge in [0.15, 0.2) is 5.78 Å². The Hall–Kier alpha value is -1.12. The van der Waals surface area contributed by atoms with Crippen LogP contribution >= 0.6 is 0 Å².